The Labute approximate surface area is 434 Å². The number of fused-ring (bicyclic) bond motifs is 4. The molecule has 0 spiro atoms. The third kappa shape index (κ3) is 8.11. The van der Waals surface area contributed by atoms with E-state index in [4.69, 9.17) is 4.98 Å². The zero-order valence-electron chi connectivity index (χ0n) is 41.6. The minimum atomic E-state index is -0.301. The Morgan fingerprint density at radius 2 is 0.757 bits per heavy atom. The molecule has 2 aliphatic rings. The predicted molar refractivity (Wildman–Crippen MR) is 311 cm³/mol. The van der Waals surface area contributed by atoms with Crippen LogP contribution in [0.5, 0.6) is 0 Å². The summed E-state index contributed by atoms with van der Waals surface area (Å²) in [6.07, 6.45) is 8.90. The molecule has 0 bridgehead atoms. The van der Waals surface area contributed by atoms with Gasteiger partial charge in [0.15, 0.2) is 0 Å². The SMILES string of the molecule is CC1(C)c2cc(N(c3ccc(-c4ccccc4)cc3)c3ccc(-c4ccccc4)cc3)ccc2-c2ccc(N(c3ccc(-c4ccccc4)cc3)c3ccc(-c4nc5ccccc5n4C4=CCCC=C4)cc3)cc21. The van der Waals surface area contributed by atoms with Crippen molar-refractivity contribution < 1.29 is 0 Å². The standard InChI is InChI=1S/C70H54N4/c1-70(2)65-47-61(72(57-35-27-52(28-36-57)49-17-7-3-8-18-49)58-37-29-53(30-38-58)50-19-9-4-10-20-50)43-45-63(65)64-46-44-62(48-66(64)70)73(59-39-31-54(32-40-59)51-21-11-5-12-22-51)60-41-33-55(34-42-60)69-71-67-25-15-16-26-68(67)74(69)56-23-13-6-14-24-56/h3-5,7-13,15-48H,6,14H2,1-2H3. The minimum absolute atomic E-state index is 0.301. The van der Waals surface area contributed by atoms with Crippen LogP contribution in [-0.2, 0) is 5.41 Å². The van der Waals surface area contributed by atoms with Gasteiger partial charge in [-0.05, 0) is 172 Å². The molecule has 0 atom stereocenters. The van der Waals surface area contributed by atoms with Crippen molar-refractivity contribution >= 4 is 50.9 Å². The molecular formula is C70H54N4. The van der Waals surface area contributed by atoms with E-state index < -0.39 is 0 Å². The predicted octanol–water partition coefficient (Wildman–Crippen LogP) is 19.1. The van der Waals surface area contributed by atoms with Gasteiger partial charge in [0.1, 0.15) is 5.82 Å². The minimum Gasteiger partial charge on any atom is -0.310 e. The number of benzene rings is 10. The fourth-order valence-electron chi connectivity index (χ4n) is 11.2. The van der Waals surface area contributed by atoms with Crippen LogP contribution in [0.4, 0.5) is 34.1 Å². The molecule has 11 aromatic rings. The van der Waals surface area contributed by atoms with Crippen LogP contribution >= 0.6 is 0 Å². The van der Waals surface area contributed by atoms with Crippen molar-refractivity contribution in [3.8, 4) is 55.9 Å². The van der Waals surface area contributed by atoms with Crippen LogP contribution in [0.2, 0.25) is 0 Å². The monoisotopic (exact) mass is 950 g/mol. The molecule has 2 aliphatic carbocycles. The Hall–Kier alpha value is -9.25. The van der Waals surface area contributed by atoms with E-state index in [-0.39, 0.29) is 5.41 Å². The second kappa shape index (κ2) is 18.7. The molecule has 354 valence electrons. The maximum Gasteiger partial charge on any atom is 0.145 e. The van der Waals surface area contributed by atoms with Crippen molar-refractivity contribution in [1.29, 1.82) is 0 Å². The highest BCUT2D eigenvalue weighted by atomic mass is 15.1. The summed E-state index contributed by atoms with van der Waals surface area (Å²) in [6, 6.07) is 90.3. The van der Waals surface area contributed by atoms with Gasteiger partial charge in [-0.2, -0.15) is 0 Å². The Kier molecular flexibility index (Phi) is 11.3. The van der Waals surface area contributed by atoms with Crippen LogP contribution in [0.15, 0.2) is 267 Å². The van der Waals surface area contributed by atoms with Gasteiger partial charge in [0.2, 0.25) is 0 Å². The molecule has 0 amide bonds. The van der Waals surface area contributed by atoms with E-state index in [2.05, 4.69) is 295 Å². The van der Waals surface area contributed by atoms with Crippen LogP contribution in [0.3, 0.4) is 0 Å². The van der Waals surface area contributed by atoms with E-state index in [1.807, 2.05) is 0 Å². The molecule has 0 saturated heterocycles. The van der Waals surface area contributed by atoms with Crippen molar-refractivity contribution in [2.45, 2.75) is 32.1 Å². The molecule has 4 nitrogen and oxygen atoms in total. The molecule has 4 heteroatoms. The quantitative estimate of drug-likeness (QED) is 0.129. The molecule has 0 fully saturated rings. The van der Waals surface area contributed by atoms with Gasteiger partial charge >= 0.3 is 0 Å². The second-order valence-electron chi connectivity index (χ2n) is 19.9. The smallest absolute Gasteiger partial charge is 0.145 e. The molecule has 0 unspecified atom stereocenters. The largest absolute Gasteiger partial charge is 0.310 e. The van der Waals surface area contributed by atoms with Crippen LogP contribution in [0, 0.1) is 0 Å². The second-order valence-corrected chi connectivity index (χ2v) is 19.9. The average Bonchev–Trinajstić information content (AvgIpc) is 3.96. The van der Waals surface area contributed by atoms with Crippen molar-refractivity contribution in [2.24, 2.45) is 0 Å². The van der Waals surface area contributed by atoms with Gasteiger partial charge in [-0.25, -0.2) is 4.98 Å². The van der Waals surface area contributed by atoms with Gasteiger partial charge in [0.05, 0.1) is 11.0 Å². The highest BCUT2D eigenvalue weighted by Crippen LogP contribution is 2.53. The first-order valence-electron chi connectivity index (χ1n) is 25.8. The number of para-hydroxylation sites is 2. The molecule has 0 aliphatic heterocycles. The Morgan fingerprint density at radius 3 is 1.18 bits per heavy atom. The number of hydrogen-bond acceptors (Lipinski definition) is 3. The van der Waals surface area contributed by atoms with Gasteiger partial charge in [0, 0.05) is 50.8 Å². The zero-order chi connectivity index (χ0) is 49.6. The fraction of sp³-hybridized carbons (Fsp3) is 0.0714. The number of rotatable bonds is 11. The van der Waals surface area contributed by atoms with Crippen molar-refractivity contribution in [1.82, 2.24) is 9.55 Å². The third-order valence-electron chi connectivity index (χ3n) is 15.0. The topological polar surface area (TPSA) is 24.3 Å². The van der Waals surface area contributed by atoms with Crippen molar-refractivity contribution in [2.75, 3.05) is 9.80 Å². The molecule has 1 aromatic heterocycles. The lowest BCUT2D eigenvalue weighted by atomic mass is 9.82. The average molecular weight is 951 g/mol. The Bertz CT molecular complexity index is 3790. The lowest BCUT2D eigenvalue weighted by Gasteiger charge is -2.29. The van der Waals surface area contributed by atoms with Crippen molar-refractivity contribution in [3.05, 3.63) is 278 Å². The third-order valence-corrected chi connectivity index (χ3v) is 15.0. The number of nitrogens with zero attached hydrogens (tertiary/aromatic N) is 4. The van der Waals surface area contributed by atoms with E-state index in [0.29, 0.717) is 0 Å². The maximum absolute atomic E-state index is 5.22. The van der Waals surface area contributed by atoms with Gasteiger partial charge in [-0.3, -0.25) is 4.57 Å². The van der Waals surface area contributed by atoms with E-state index in [0.717, 1.165) is 69.4 Å². The number of hydrogen-bond donors (Lipinski definition) is 0. The van der Waals surface area contributed by atoms with Gasteiger partial charge < -0.3 is 9.80 Å². The molecule has 74 heavy (non-hydrogen) atoms. The molecule has 1 heterocycles. The summed E-state index contributed by atoms with van der Waals surface area (Å²) in [6.45, 7) is 4.77. The molecule has 13 rings (SSSR count). The molecule has 10 aromatic carbocycles. The lowest BCUT2D eigenvalue weighted by Crippen LogP contribution is -2.17. The fourth-order valence-corrected chi connectivity index (χ4v) is 11.2. The number of imidazole rings is 1. The van der Waals surface area contributed by atoms with Crippen LogP contribution < -0.4 is 9.80 Å². The summed E-state index contributed by atoms with van der Waals surface area (Å²) in [5.41, 5.74) is 23.0. The van der Waals surface area contributed by atoms with Crippen LogP contribution in [0.25, 0.3) is 72.6 Å². The Morgan fingerprint density at radius 1 is 0.378 bits per heavy atom. The molecule has 0 N–H and O–H groups in total. The lowest BCUT2D eigenvalue weighted by molar-refractivity contribution is 0.660. The summed E-state index contributed by atoms with van der Waals surface area (Å²) >= 11 is 0. The molecular weight excluding hydrogens is 897 g/mol. The van der Waals surface area contributed by atoms with E-state index >= 15 is 0 Å². The first-order chi connectivity index (χ1) is 36.4. The number of allylic oxidation sites excluding steroid dienone is 4. The van der Waals surface area contributed by atoms with Gasteiger partial charge in [-0.1, -0.05) is 178 Å². The van der Waals surface area contributed by atoms with E-state index in [1.54, 1.807) is 0 Å². The summed E-state index contributed by atoms with van der Waals surface area (Å²) in [7, 11) is 0. The Balaban J connectivity index is 0.887. The zero-order valence-corrected chi connectivity index (χ0v) is 41.6. The normalized spacial score (nSPS) is 13.3. The van der Waals surface area contributed by atoms with Crippen LogP contribution in [0.1, 0.15) is 37.8 Å². The summed E-state index contributed by atoms with van der Waals surface area (Å²) in [4.78, 5) is 10.0. The van der Waals surface area contributed by atoms with E-state index in [9.17, 15) is 0 Å². The van der Waals surface area contributed by atoms with Crippen LogP contribution in [-0.4, -0.2) is 9.55 Å². The summed E-state index contributed by atoms with van der Waals surface area (Å²) in [5.74, 6) is 0.942. The highest BCUT2D eigenvalue weighted by Gasteiger charge is 2.37. The van der Waals surface area contributed by atoms with E-state index in [1.165, 1.54) is 61.3 Å². The summed E-state index contributed by atoms with van der Waals surface area (Å²) in [5, 5.41) is 0. The molecule has 0 radical (unpaired) electrons. The first-order valence-corrected chi connectivity index (χ1v) is 25.8. The van der Waals surface area contributed by atoms with Gasteiger partial charge in [0.25, 0.3) is 0 Å². The first kappa shape index (κ1) is 44.7. The number of aromatic nitrogens is 2. The maximum atomic E-state index is 5.22. The molecule has 0 saturated carbocycles. The summed E-state index contributed by atoms with van der Waals surface area (Å²) < 4.78 is 2.31. The highest BCUT2D eigenvalue weighted by molar-refractivity contribution is 5.91. The van der Waals surface area contributed by atoms with Crippen molar-refractivity contribution in [3.63, 3.8) is 0 Å². The number of anilines is 6. The van der Waals surface area contributed by atoms with Gasteiger partial charge in [-0.15, -0.1) is 0 Å².